The van der Waals surface area contributed by atoms with E-state index in [1.807, 2.05) is 13.2 Å². The molecule has 0 aliphatic rings. The van der Waals surface area contributed by atoms with E-state index in [4.69, 9.17) is 16.3 Å². The summed E-state index contributed by atoms with van der Waals surface area (Å²) >= 11 is 5.84. The summed E-state index contributed by atoms with van der Waals surface area (Å²) in [5.74, 6) is -0.377. The van der Waals surface area contributed by atoms with E-state index in [0.29, 0.717) is 13.0 Å². The smallest absolute Gasteiger partial charge is 0.324 e. The van der Waals surface area contributed by atoms with Crippen molar-refractivity contribution in [2.45, 2.75) is 18.7 Å². The molecule has 0 saturated carbocycles. The largest absolute Gasteiger partial charge is 0.465 e. The molecule has 5 heteroatoms. The summed E-state index contributed by atoms with van der Waals surface area (Å²) in [7, 11) is 1.82. The van der Waals surface area contributed by atoms with Crippen LogP contribution in [0.4, 0.5) is 0 Å². The Hall–Kier alpha value is -1.03. The first-order valence-electron chi connectivity index (χ1n) is 4.41. The van der Waals surface area contributed by atoms with Crippen LogP contribution in [0.1, 0.15) is 12.5 Å². The Morgan fingerprint density at radius 2 is 2.50 bits per heavy atom. The molecule has 0 radical (unpaired) electrons. The van der Waals surface area contributed by atoms with Gasteiger partial charge in [0.05, 0.1) is 12.8 Å². The third-order valence-electron chi connectivity index (χ3n) is 1.72. The van der Waals surface area contributed by atoms with E-state index in [1.54, 1.807) is 17.8 Å². The molecular formula is C9H13ClN2O2. The Labute approximate surface area is 87.8 Å². The van der Waals surface area contributed by atoms with Gasteiger partial charge in [0.2, 0.25) is 0 Å². The van der Waals surface area contributed by atoms with E-state index in [0.717, 1.165) is 5.56 Å². The van der Waals surface area contributed by atoms with Crippen molar-refractivity contribution in [1.29, 1.82) is 0 Å². The topological polar surface area (TPSA) is 44.1 Å². The Bertz CT molecular complexity index is 312. The van der Waals surface area contributed by atoms with Gasteiger partial charge in [0.15, 0.2) is 0 Å². The summed E-state index contributed by atoms with van der Waals surface area (Å²) < 4.78 is 6.46. The zero-order chi connectivity index (χ0) is 10.6. The third kappa shape index (κ3) is 3.03. The van der Waals surface area contributed by atoms with Crippen LogP contribution in [-0.4, -0.2) is 27.7 Å². The molecule has 14 heavy (non-hydrogen) atoms. The van der Waals surface area contributed by atoms with E-state index in [2.05, 4.69) is 5.10 Å². The molecule has 1 heterocycles. The molecule has 0 aromatic carbocycles. The lowest BCUT2D eigenvalue weighted by Crippen LogP contribution is -2.19. The van der Waals surface area contributed by atoms with Crippen LogP contribution in [-0.2, 0) is 23.0 Å². The first kappa shape index (κ1) is 11.0. The van der Waals surface area contributed by atoms with Gasteiger partial charge in [0.25, 0.3) is 0 Å². The van der Waals surface area contributed by atoms with Crippen molar-refractivity contribution in [1.82, 2.24) is 9.78 Å². The average Bonchev–Trinajstić information content (AvgIpc) is 2.51. The van der Waals surface area contributed by atoms with Gasteiger partial charge in [-0.25, -0.2) is 0 Å². The molecule has 0 bridgehead atoms. The fraction of sp³-hybridized carbons (Fsp3) is 0.556. The molecule has 4 nitrogen and oxygen atoms in total. The van der Waals surface area contributed by atoms with Crippen molar-refractivity contribution in [2.24, 2.45) is 7.05 Å². The van der Waals surface area contributed by atoms with Crippen LogP contribution in [0, 0.1) is 0 Å². The molecule has 1 aromatic heterocycles. The monoisotopic (exact) mass is 216 g/mol. The number of alkyl halides is 1. The summed E-state index contributed by atoms with van der Waals surface area (Å²) in [6.45, 7) is 2.11. The zero-order valence-electron chi connectivity index (χ0n) is 8.24. The number of ether oxygens (including phenoxy) is 1. The molecular weight excluding hydrogens is 204 g/mol. The first-order valence-corrected chi connectivity index (χ1v) is 4.85. The van der Waals surface area contributed by atoms with Crippen molar-refractivity contribution in [2.75, 3.05) is 6.61 Å². The number of carbonyl (C=O) groups excluding carboxylic acids is 1. The number of carbonyl (C=O) groups is 1. The number of halogens is 1. The number of esters is 1. The van der Waals surface area contributed by atoms with Gasteiger partial charge in [-0.1, -0.05) is 0 Å². The van der Waals surface area contributed by atoms with E-state index in [9.17, 15) is 4.79 Å². The van der Waals surface area contributed by atoms with Crippen LogP contribution in [0.2, 0.25) is 0 Å². The standard InChI is InChI=1S/C9H13ClN2O2/c1-3-14-9(13)8(10)4-7-5-11-12(2)6-7/h5-6,8H,3-4H2,1-2H3. The molecule has 0 spiro atoms. The van der Waals surface area contributed by atoms with Crippen LogP contribution in [0.25, 0.3) is 0 Å². The predicted octanol–water partition coefficient (Wildman–Crippen LogP) is 1.13. The predicted molar refractivity (Wildman–Crippen MR) is 53.2 cm³/mol. The molecule has 78 valence electrons. The van der Waals surface area contributed by atoms with Gasteiger partial charge in [0.1, 0.15) is 5.38 Å². The fourth-order valence-electron chi connectivity index (χ4n) is 1.10. The number of hydrogen-bond donors (Lipinski definition) is 0. The maximum absolute atomic E-state index is 11.2. The van der Waals surface area contributed by atoms with Crippen molar-refractivity contribution in [3.8, 4) is 0 Å². The Morgan fingerprint density at radius 3 is 3.00 bits per heavy atom. The van der Waals surface area contributed by atoms with E-state index < -0.39 is 5.38 Å². The Balaban J connectivity index is 2.48. The molecule has 0 aliphatic carbocycles. The highest BCUT2D eigenvalue weighted by Gasteiger charge is 2.17. The minimum absolute atomic E-state index is 0.356. The minimum atomic E-state index is -0.626. The summed E-state index contributed by atoms with van der Waals surface area (Å²) in [5.41, 5.74) is 0.931. The van der Waals surface area contributed by atoms with Crippen molar-refractivity contribution in [3.05, 3.63) is 18.0 Å². The molecule has 1 aromatic rings. The highest BCUT2D eigenvalue weighted by molar-refractivity contribution is 6.30. The van der Waals surface area contributed by atoms with E-state index in [1.165, 1.54) is 0 Å². The van der Waals surface area contributed by atoms with Crippen LogP contribution >= 0.6 is 11.6 Å². The van der Waals surface area contributed by atoms with Crippen LogP contribution in [0.3, 0.4) is 0 Å². The van der Waals surface area contributed by atoms with Crippen molar-refractivity contribution in [3.63, 3.8) is 0 Å². The second-order valence-corrected chi connectivity index (χ2v) is 3.47. The maximum Gasteiger partial charge on any atom is 0.324 e. The molecule has 1 rings (SSSR count). The first-order chi connectivity index (χ1) is 6.63. The van der Waals surface area contributed by atoms with Gasteiger partial charge in [-0.05, 0) is 12.5 Å². The molecule has 0 aliphatic heterocycles. The molecule has 1 atom stereocenters. The van der Waals surface area contributed by atoms with Gasteiger partial charge in [-0.2, -0.15) is 5.10 Å². The lowest BCUT2D eigenvalue weighted by atomic mass is 10.2. The summed E-state index contributed by atoms with van der Waals surface area (Å²) in [6.07, 6.45) is 3.97. The number of aromatic nitrogens is 2. The van der Waals surface area contributed by atoms with Gasteiger partial charge in [-0.15, -0.1) is 11.6 Å². The lowest BCUT2D eigenvalue weighted by Gasteiger charge is -2.06. The Morgan fingerprint density at radius 1 is 1.79 bits per heavy atom. The molecule has 0 fully saturated rings. The quantitative estimate of drug-likeness (QED) is 0.560. The van der Waals surface area contributed by atoms with Gasteiger partial charge in [0, 0.05) is 19.7 Å². The maximum atomic E-state index is 11.2. The number of rotatable bonds is 4. The Kier molecular flexibility index (Phi) is 3.95. The SMILES string of the molecule is CCOC(=O)C(Cl)Cc1cnn(C)c1. The average molecular weight is 217 g/mol. The number of hydrogen-bond acceptors (Lipinski definition) is 3. The van der Waals surface area contributed by atoms with Gasteiger partial charge >= 0.3 is 5.97 Å². The van der Waals surface area contributed by atoms with Crippen molar-refractivity contribution < 1.29 is 9.53 Å². The second kappa shape index (κ2) is 5.00. The van der Waals surface area contributed by atoms with Gasteiger partial charge < -0.3 is 4.74 Å². The molecule has 1 unspecified atom stereocenters. The van der Waals surface area contributed by atoms with Crippen molar-refractivity contribution >= 4 is 17.6 Å². The van der Waals surface area contributed by atoms with Gasteiger partial charge in [-0.3, -0.25) is 9.48 Å². The number of nitrogens with zero attached hydrogens (tertiary/aromatic N) is 2. The highest BCUT2D eigenvalue weighted by atomic mass is 35.5. The third-order valence-corrected chi connectivity index (χ3v) is 2.05. The normalized spacial score (nSPS) is 12.5. The molecule has 0 amide bonds. The summed E-state index contributed by atoms with van der Waals surface area (Å²) in [5, 5.41) is 3.36. The number of aryl methyl sites for hydroxylation is 1. The summed E-state index contributed by atoms with van der Waals surface area (Å²) in [4.78, 5) is 11.2. The van der Waals surface area contributed by atoms with Crippen LogP contribution in [0.5, 0.6) is 0 Å². The summed E-state index contributed by atoms with van der Waals surface area (Å²) in [6, 6.07) is 0. The van der Waals surface area contributed by atoms with E-state index in [-0.39, 0.29) is 5.97 Å². The second-order valence-electron chi connectivity index (χ2n) is 2.95. The minimum Gasteiger partial charge on any atom is -0.465 e. The molecule has 0 N–H and O–H groups in total. The lowest BCUT2D eigenvalue weighted by molar-refractivity contribution is -0.142. The van der Waals surface area contributed by atoms with Crippen LogP contribution < -0.4 is 0 Å². The highest BCUT2D eigenvalue weighted by Crippen LogP contribution is 2.08. The fourth-order valence-corrected chi connectivity index (χ4v) is 1.34. The zero-order valence-corrected chi connectivity index (χ0v) is 8.99. The van der Waals surface area contributed by atoms with Crippen LogP contribution in [0.15, 0.2) is 12.4 Å². The molecule has 0 saturated heterocycles. The van der Waals surface area contributed by atoms with E-state index >= 15 is 0 Å².